The fraction of sp³-hybridized carbons (Fsp3) is 0.607. The molecule has 8 heteroatoms. The second-order valence-corrected chi connectivity index (χ2v) is 12.4. The minimum atomic E-state index is -1.29. The molecule has 7 aliphatic rings. The van der Waals surface area contributed by atoms with Crippen LogP contribution in [-0.2, 0) is 24.5 Å². The first kappa shape index (κ1) is 22.3. The van der Waals surface area contributed by atoms with Gasteiger partial charge in [0.25, 0.3) is 5.91 Å². The molecule has 6 heterocycles. The Bertz CT molecular complexity index is 1300. The van der Waals surface area contributed by atoms with Gasteiger partial charge in [-0.1, -0.05) is 19.9 Å². The van der Waals surface area contributed by atoms with Crippen molar-refractivity contribution in [3.8, 4) is 5.75 Å². The second-order valence-electron chi connectivity index (χ2n) is 12.4. The van der Waals surface area contributed by atoms with Crippen molar-refractivity contribution in [1.29, 1.82) is 0 Å². The van der Waals surface area contributed by atoms with Crippen LogP contribution < -0.4 is 15.4 Å². The molecule has 5 unspecified atom stereocenters. The highest BCUT2D eigenvalue weighted by Gasteiger charge is 2.85. The number of rotatable bonds is 2. The number of benzene rings is 1. The molecule has 8 rings (SSSR count). The van der Waals surface area contributed by atoms with E-state index in [0.717, 1.165) is 17.5 Å². The summed E-state index contributed by atoms with van der Waals surface area (Å²) in [6.45, 7) is 10.9. The molecule has 190 valence electrons. The zero-order valence-electron chi connectivity index (χ0n) is 21.5. The molecule has 1 aromatic rings. The van der Waals surface area contributed by atoms with Gasteiger partial charge in [-0.15, -0.1) is 0 Å². The summed E-state index contributed by atoms with van der Waals surface area (Å²) in [5.74, 6) is 0.0846. The van der Waals surface area contributed by atoms with Crippen LogP contribution >= 0.6 is 0 Å². The van der Waals surface area contributed by atoms with Crippen molar-refractivity contribution >= 4 is 29.5 Å². The van der Waals surface area contributed by atoms with E-state index in [-0.39, 0.29) is 23.6 Å². The van der Waals surface area contributed by atoms with Crippen molar-refractivity contribution < 1.29 is 23.9 Å². The monoisotopic (exact) mass is 491 g/mol. The molecule has 6 aliphatic heterocycles. The van der Waals surface area contributed by atoms with Crippen LogP contribution in [-0.4, -0.2) is 58.6 Å². The summed E-state index contributed by atoms with van der Waals surface area (Å²) in [4.78, 5) is 44.0. The quantitative estimate of drug-likeness (QED) is 0.663. The predicted octanol–water partition coefficient (Wildman–Crippen LogP) is 2.76. The highest BCUT2D eigenvalue weighted by molar-refractivity contribution is 6.13. The van der Waals surface area contributed by atoms with Crippen LogP contribution in [0.4, 0.5) is 5.69 Å². The second kappa shape index (κ2) is 6.33. The molecule has 5 fully saturated rings. The molecule has 4 saturated heterocycles. The molecule has 1 aliphatic carbocycles. The molecule has 1 saturated carbocycles. The Morgan fingerprint density at radius 3 is 2.67 bits per heavy atom. The van der Waals surface area contributed by atoms with Gasteiger partial charge in [0.1, 0.15) is 28.4 Å². The van der Waals surface area contributed by atoms with Crippen molar-refractivity contribution in [3.63, 3.8) is 0 Å². The molecule has 0 aromatic heterocycles. The molecule has 36 heavy (non-hydrogen) atoms. The fourth-order valence-electron chi connectivity index (χ4n) is 8.75. The zero-order chi connectivity index (χ0) is 25.5. The van der Waals surface area contributed by atoms with Crippen LogP contribution in [0.2, 0.25) is 0 Å². The lowest BCUT2D eigenvalue weighted by atomic mass is 9.57. The molecule has 3 spiro atoms. The van der Waals surface area contributed by atoms with Crippen molar-refractivity contribution in [2.24, 2.45) is 11.3 Å². The van der Waals surface area contributed by atoms with Gasteiger partial charge < -0.3 is 25.0 Å². The predicted molar refractivity (Wildman–Crippen MR) is 132 cm³/mol. The number of amides is 3. The lowest BCUT2D eigenvalue weighted by molar-refractivity contribution is -0.183. The number of fused-ring (bicyclic) bond motifs is 5. The van der Waals surface area contributed by atoms with E-state index < -0.39 is 33.6 Å². The summed E-state index contributed by atoms with van der Waals surface area (Å²) in [7, 11) is 0. The fourth-order valence-corrected chi connectivity index (χ4v) is 8.75. The minimum Gasteiger partial charge on any atom is -0.483 e. The van der Waals surface area contributed by atoms with E-state index in [1.807, 2.05) is 45.1 Å². The van der Waals surface area contributed by atoms with E-state index in [1.165, 1.54) is 0 Å². The van der Waals surface area contributed by atoms with E-state index in [2.05, 4.69) is 24.5 Å². The average Bonchev–Trinajstić information content (AvgIpc) is 3.42. The molecular weight excluding hydrogens is 458 g/mol. The van der Waals surface area contributed by atoms with Gasteiger partial charge in [-0.05, 0) is 69.2 Å². The zero-order valence-corrected chi connectivity index (χ0v) is 21.5. The topological polar surface area (TPSA) is 97.0 Å². The number of carbonyl (C=O) groups is 3. The van der Waals surface area contributed by atoms with Crippen molar-refractivity contribution in [1.82, 2.24) is 10.2 Å². The van der Waals surface area contributed by atoms with Gasteiger partial charge in [0.15, 0.2) is 5.54 Å². The smallest absolute Gasteiger partial charge is 0.252 e. The van der Waals surface area contributed by atoms with Gasteiger partial charge in [0.05, 0.1) is 5.69 Å². The molecular formula is C28H33N3O5. The number of ether oxygens (including phenoxy) is 2. The number of hydrogen-bond acceptors (Lipinski definition) is 5. The van der Waals surface area contributed by atoms with E-state index in [4.69, 9.17) is 9.47 Å². The SMILES string of the molecule is CCOC1C23NC(=O)C4(CCCN4C2=O)CC3C(C)(C)C12C(=O)Nc1c2ccc2c1C=CC(C)(C)O2. The Labute approximate surface area is 210 Å². The summed E-state index contributed by atoms with van der Waals surface area (Å²) >= 11 is 0. The number of nitrogens with zero attached hydrogens (tertiary/aromatic N) is 1. The molecule has 2 N–H and O–H groups in total. The Hall–Kier alpha value is -2.87. The molecule has 8 nitrogen and oxygen atoms in total. The largest absolute Gasteiger partial charge is 0.483 e. The summed E-state index contributed by atoms with van der Waals surface area (Å²) in [6, 6.07) is 3.89. The highest BCUT2D eigenvalue weighted by Crippen LogP contribution is 2.71. The first-order valence-electron chi connectivity index (χ1n) is 13.1. The van der Waals surface area contributed by atoms with Gasteiger partial charge >= 0.3 is 0 Å². The molecule has 2 bridgehead atoms. The van der Waals surface area contributed by atoms with E-state index in [9.17, 15) is 14.4 Å². The lowest BCUT2D eigenvalue weighted by Crippen LogP contribution is -2.83. The Kier molecular flexibility index (Phi) is 3.93. The van der Waals surface area contributed by atoms with Crippen LogP contribution in [0.3, 0.4) is 0 Å². The van der Waals surface area contributed by atoms with Gasteiger partial charge in [0.2, 0.25) is 11.8 Å². The average molecular weight is 492 g/mol. The lowest BCUT2D eigenvalue weighted by Gasteiger charge is -2.59. The Morgan fingerprint density at radius 2 is 1.92 bits per heavy atom. The van der Waals surface area contributed by atoms with Crippen molar-refractivity contribution in [2.75, 3.05) is 18.5 Å². The van der Waals surface area contributed by atoms with Crippen LogP contribution in [0.15, 0.2) is 18.2 Å². The number of hydrogen-bond donors (Lipinski definition) is 2. The minimum absolute atomic E-state index is 0.0940. The maximum Gasteiger partial charge on any atom is 0.252 e. The number of anilines is 1. The van der Waals surface area contributed by atoms with Crippen LogP contribution in [0.25, 0.3) is 6.08 Å². The van der Waals surface area contributed by atoms with Gasteiger partial charge in [-0.25, -0.2) is 0 Å². The van der Waals surface area contributed by atoms with Crippen LogP contribution in [0, 0.1) is 11.3 Å². The summed E-state index contributed by atoms with van der Waals surface area (Å²) < 4.78 is 12.7. The normalized spacial score (nSPS) is 39.9. The maximum absolute atomic E-state index is 14.3. The van der Waals surface area contributed by atoms with Gasteiger partial charge in [0, 0.05) is 24.6 Å². The Balaban J connectivity index is 1.50. The Morgan fingerprint density at radius 1 is 1.14 bits per heavy atom. The van der Waals surface area contributed by atoms with E-state index >= 15 is 0 Å². The van der Waals surface area contributed by atoms with Gasteiger partial charge in [-0.3, -0.25) is 14.4 Å². The third kappa shape index (κ3) is 2.10. The van der Waals surface area contributed by atoms with Crippen LogP contribution in [0.1, 0.15) is 65.0 Å². The molecule has 1 aromatic carbocycles. The highest BCUT2D eigenvalue weighted by atomic mass is 16.5. The summed E-state index contributed by atoms with van der Waals surface area (Å²) in [5.41, 5.74) is -2.04. The third-order valence-electron chi connectivity index (χ3n) is 10.2. The molecule has 5 atom stereocenters. The first-order chi connectivity index (χ1) is 17.0. The number of nitrogens with one attached hydrogen (secondary N) is 2. The van der Waals surface area contributed by atoms with Gasteiger partial charge in [-0.2, -0.15) is 0 Å². The maximum atomic E-state index is 14.3. The van der Waals surface area contributed by atoms with E-state index in [1.54, 1.807) is 4.90 Å². The number of piperazine rings is 1. The molecule has 0 radical (unpaired) electrons. The standard InChI is InChI=1S/C28H33N3O5/c1-6-35-20-27(16-8-9-17-15(19(16)29-22(27)33)10-12-24(2,3)36-17)25(4,5)18-14-26-11-7-13-31(26)23(34)28(18,20)30-21(26)32/h8-10,12,18,20H,6-7,11,13-14H2,1-5H3,(H,29,33)(H,30,32). The summed E-state index contributed by atoms with van der Waals surface area (Å²) in [6.07, 6.45) is 5.18. The van der Waals surface area contributed by atoms with Crippen LogP contribution in [0.5, 0.6) is 5.75 Å². The summed E-state index contributed by atoms with van der Waals surface area (Å²) in [5, 5.41) is 6.38. The van der Waals surface area contributed by atoms with Crippen molar-refractivity contribution in [3.05, 3.63) is 29.3 Å². The third-order valence-corrected chi connectivity index (χ3v) is 10.2. The molecule has 3 amide bonds. The first-order valence-corrected chi connectivity index (χ1v) is 13.1. The van der Waals surface area contributed by atoms with Crippen molar-refractivity contribution in [2.45, 2.75) is 82.1 Å². The number of piperidine rings is 2. The number of carbonyl (C=O) groups excluding carboxylic acids is 3. The van der Waals surface area contributed by atoms with E-state index in [0.29, 0.717) is 37.4 Å².